The van der Waals surface area contributed by atoms with Gasteiger partial charge in [0.15, 0.2) is 0 Å². The summed E-state index contributed by atoms with van der Waals surface area (Å²) < 4.78 is 13.8. The number of carboxylic acids is 2. The Morgan fingerprint density at radius 3 is 2.29 bits per heavy atom. The zero-order valence-corrected chi connectivity index (χ0v) is 16.0. The molecule has 0 spiro atoms. The van der Waals surface area contributed by atoms with Crippen molar-refractivity contribution in [3.8, 4) is 0 Å². The predicted octanol–water partition coefficient (Wildman–Crippen LogP) is -6.80. The Morgan fingerprint density at radius 1 is 1.33 bits per heavy atom. The van der Waals surface area contributed by atoms with Crippen molar-refractivity contribution in [1.82, 2.24) is 5.32 Å². The maximum atomic E-state index is 13.8. The average Bonchev–Trinajstić information content (AvgIpc) is 2.97. The van der Waals surface area contributed by atoms with Crippen molar-refractivity contribution in [2.45, 2.75) is 24.6 Å². The Hall–Kier alpha value is 0.300. The van der Waals surface area contributed by atoms with Gasteiger partial charge in [0.05, 0.1) is 5.92 Å². The molecule has 0 aromatic carbocycles. The van der Waals surface area contributed by atoms with Crippen LogP contribution in [0.25, 0.3) is 0 Å². The third kappa shape index (κ3) is 3.63. The third-order valence-electron chi connectivity index (χ3n) is 3.98. The number of carbonyl (C=O) groups is 3. The topological polar surface area (TPSA) is 130 Å². The predicted molar refractivity (Wildman–Crippen MR) is 62.0 cm³/mol. The maximum absolute atomic E-state index is 13.8. The molecule has 0 aromatic heterocycles. The summed E-state index contributed by atoms with van der Waals surface area (Å²) in [6, 6.07) is 0. The van der Waals surface area contributed by atoms with Gasteiger partial charge in [0.25, 0.3) is 0 Å². The fourth-order valence-electron chi connectivity index (χ4n) is 3.18. The largest absolute Gasteiger partial charge is 1.00 e. The van der Waals surface area contributed by atoms with Gasteiger partial charge in [0.1, 0.15) is 11.7 Å². The zero-order valence-electron chi connectivity index (χ0n) is 14.0. The number of carbonyl (C=O) groups excluding carboxylic acids is 1. The molecule has 0 saturated heterocycles. The van der Waals surface area contributed by atoms with Gasteiger partial charge in [-0.25, -0.2) is 9.18 Å². The number of alkyl halides is 1. The number of rotatable bonds is 5. The molecule has 0 radical (unpaired) electrons. The first-order valence-electron chi connectivity index (χ1n) is 5.96. The van der Waals surface area contributed by atoms with Crippen LogP contribution in [0.4, 0.5) is 4.39 Å². The van der Waals surface area contributed by atoms with Crippen molar-refractivity contribution in [1.29, 1.82) is 0 Å². The van der Waals surface area contributed by atoms with Crippen LogP contribution in [0.3, 0.4) is 0 Å². The van der Waals surface area contributed by atoms with Crippen LogP contribution in [-0.4, -0.2) is 46.3 Å². The normalized spacial score (nSPS) is 35.7. The zero-order chi connectivity index (χ0) is 14.4. The van der Waals surface area contributed by atoms with E-state index in [9.17, 15) is 23.9 Å². The Balaban J connectivity index is -0.000001000. The second-order valence-electron chi connectivity index (χ2n) is 5.05. The summed E-state index contributed by atoms with van der Waals surface area (Å²) in [5.41, 5.74) is 3.37. The molecule has 0 unspecified atom stereocenters. The summed E-state index contributed by atoms with van der Waals surface area (Å²) >= 11 is 0. The van der Waals surface area contributed by atoms with Gasteiger partial charge in [0, 0.05) is 31.2 Å². The SMILES string of the molecule is NCCC(=O)N[C@@]1(C(=O)O)C[C@@H](F)[C@H]2[C@H](C(=O)O)[C@H]21.[H-].[H-].[Na+].[Na+]. The minimum Gasteiger partial charge on any atom is -1.00 e. The van der Waals surface area contributed by atoms with E-state index in [2.05, 4.69) is 5.32 Å². The summed E-state index contributed by atoms with van der Waals surface area (Å²) in [5, 5.41) is 20.5. The van der Waals surface area contributed by atoms with Crippen LogP contribution >= 0.6 is 0 Å². The van der Waals surface area contributed by atoms with Gasteiger partial charge in [-0.1, -0.05) is 0 Å². The number of hydrogen-bond donors (Lipinski definition) is 4. The van der Waals surface area contributed by atoms with Crippen molar-refractivity contribution in [2.24, 2.45) is 23.5 Å². The van der Waals surface area contributed by atoms with Gasteiger partial charge in [-0.2, -0.15) is 0 Å². The fourth-order valence-corrected chi connectivity index (χ4v) is 3.18. The molecule has 0 bridgehead atoms. The van der Waals surface area contributed by atoms with Crippen LogP contribution in [0.5, 0.6) is 0 Å². The molecular formula is C11H17FN2Na2O5. The van der Waals surface area contributed by atoms with Crippen molar-refractivity contribution < 1.29 is 91.0 Å². The number of carboxylic acid groups (broad SMARTS) is 2. The first-order valence-corrected chi connectivity index (χ1v) is 5.96. The average molecular weight is 322 g/mol. The Kier molecular flexibility index (Phi) is 7.83. The summed E-state index contributed by atoms with van der Waals surface area (Å²) in [5.74, 6) is -5.98. The molecule has 21 heavy (non-hydrogen) atoms. The minimum atomic E-state index is -1.82. The molecule has 1 amide bonds. The number of fused-ring (bicyclic) bond motifs is 1. The molecule has 0 heterocycles. The number of halogens is 1. The number of nitrogens with two attached hydrogens (primary N) is 1. The Morgan fingerprint density at radius 2 is 1.90 bits per heavy atom. The fraction of sp³-hybridized carbons (Fsp3) is 0.727. The third-order valence-corrected chi connectivity index (χ3v) is 3.98. The Bertz CT molecular complexity index is 462. The molecule has 2 aliphatic carbocycles. The van der Waals surface area contributed by atoms with Gasteiger partial charge >= 0.3 is 71.1 Å². The molecule has 7 nitrogen and oxygen atoms in total. The van der Waals surface area contributed by atoms with E-state index in [0.29, 0.717) is 0 Å². The standard InChI is InChI=1S/C11H15FN2O5.2Na.2H/c12-4-3-11(10(18)19,14-5(15)1-2-13)8-6(4)7(8)9(16)17;;;;/h4,6-8H,1-3,13H2,(H,14,15)(H,16,17)(H,18,19);;;;/q;2*+1;2*-1/t4-,6+,7+,8+,11+;;;;/m1..../s1. The summed E-state index contributed by atoms with van der Waals surface area (Å²) in [6.07, 6.45) is -2.00. The molecule has 2 aliphatic rings. The molecule has 2 saturated carbocycles. The monoisotopic (exact) mass is 322 g/mol. The van der Waals surface area contributed by atoms with E-state index >= 15 is 0 Å². The minimum absolute atomic E-state index is 0. The second-order valence-corrected chi connectivity index (χ2v) is 5.05. The molecule has 110 valence electrons. The number of aliphatic carboxylic acids is 2. The van der Waals surface area contributed by atoms with E-state index < -0.39 is 53.7 Å². The van der Waals surface area contributed by atoms with Gasteiger partial charge in [0.2, 0.25) is 5.91 Å². The Labute approximate surface area is 167 Å². The molecule has 5 N–H and O–H groups in total. The molecule has 0 aliphatic heterocycles. The summed E-state index contributed by atoms with van der Waals surface area (Å²) in [7, 11) is 0. The smallest absolute Gasteiger partial charge is 1.00 e. The van der Waals surface area contributed by atoms with E-state index in [4.69, 9.17) is 10.8 Å². The first kappa shape index (κ1) is 21.3. The van der Waals surface area contributed by atoms with Gasteiger partial charge < -0.3 is 24.1 Å². The van der Waals surface area contributed by atoms with Crippen molar-refractivity contribution in [3.63, 3.8) is 0 Å². The van der Waals surface area contributed by atoms with Crippen molar-refractivity contribution in [3.05, 3.63) is 0 Å². The summed E-state index contributed by atoms with van der Waals surface area (Å²) in [6.45, 7) is 0.0387. The summed E-state index contributed by atoms with van der Waals surface area (Å²) in [4.78, 5) is 33.9. The molecule has 5 atom stereocenters. The van der Waals surface area contributed by atoms with Crippen LogP contribution in [0.15, 0.2) is 0 Å². The van der Waals surface area contributed by atoms with Gasteiger partial charge in [-0.05, 0) is 0 Å². The molecule has 0 aromatic rings. The van der Waals surface area contributed by atoms with E-state index in [1.165, 1.54) is 0 Å². The van der Waals surface area contributed by atoms with Crippen LogP contribution in [0.1, 0.15) is 15.7 Å². The number of hydrogen-bond acceptors (Lipinski definition) is 4. The quantitative estimate of drug-likeness (QED) is 0.372. The van der Waals surface area contributed by atoms with Crippen molar-refractivity contribution in [2.75, 3.05) is 6.54 Å². The van der Waals surface area contributed by atoms with E-state index in [0.717, 1.165) is 0 Å². The molecule has 2 fully saturated rings. The van der Waals surface area contributed by atoms with Gasteiger partial charge in [-0.15, -0.1) is 0 Å². The van der Waals surface area contributed by atoms with Crippen LogP contribution < -0.4 is 70.2 Å². The maximum Gasteiger partial charge on any atom is 1.00 e. The van der Waals surface area contributed by atoms with Crippen molar-refractivity contribution >= 4 is 17.8 Å². The van der Waals surface area contributed by atoms with Crippen LogP contribution in [0.2, 0.25) is 0 Å². The van der Waals surface area contributed by atoms with Gasteiger partial charge in [-0.3, -0.25) is 9.59 Å². The van der Waals surface area contributed by atoms with Crippen LogP contribution in [-0.2, 0) is 14.4 Å². The second kappa shape index (κ2) is 7.72. The first-order chi connectivity index (χ1) is 8.85. The van der Waals surface area contributed by atoms with E-state index in [-0.39, 0.29) is 74.9 Å². The number of amides is 1. The molecular weight excluding hydrogens is 305 g/mol. The van der Waals surface area contributed by atoms with E-state index in [1.54, 1.807) is 0 Å². The van der Waals surface area contributed by atoms with E-state index in [1.807, 2.05) is 0 Å². The van der Waals surface area contributed by atoms with Crippen LogP contribution in [0, 0.1) is 17.8 Å². The molecule has 10 heteroatoms. The molecule has 2 rings (SSSR count). The number of nitrogens with one attached hydrogen (secondary N) is 1.